The number of aliphatic hydroxyl groups is 1. The van der Waals surface area contributed by atoms with Crippen LogP contribution in [0.3, 0.4) is 0 Å². The summed E-state index contributed by atoms with van der Waals surface area (Å²) in [6.07, 6.45) is 5.10. The van der Waals surface area contributed by atoms with Crippen molar-refractivity contribution in [1.29, 1.82) is 5.26 Å². The van der Waals surface area contributed by atoms with Crippen molar-refractivity contribution in [3.63, 3.8) is 0 Å². The number of nitriles is 1. The first-order valence-electron chi connectivity index (χ1n) is 11.9. The summed E-state index contributed by atoms with van der Waals surface area (Å²) in [7, 11) is 0. The second kappa shape index (κ2) is 8.69. The van der Waals surface area contributed by atoms with E-state index in [0.717, 1.165) is 56.4 Å². The van der Waals surface area contributed by atoms with Gasteiger partial charge in [0.2, 0.25) is 0 Å². The SMILES string of the molecule is N#Cc1ccccc1CN1CC2C(NC(=O)C(O)(c3ccccc3)C3CCCCC3)[C@H]2C1. The molecule has 2 aromatic rings. The summed E-state index contributed by atoms with van der Waals surface area (Å²) >= 11 is 0. The van der Waals surface area contributed by atoms with Crippen LogP contribution in [-0.2, 0) is 16.9 Å². The maximum atomic E-state index is 13.5. The number of amides is 1. The Morgan fingerprint density at radius 3 is 2.38 bits per heavy atom. The van der Waals surface area contributed by atoms with Crippen LogP contribution >= 0.6 is 0 Å². The van der Waals surface area contributed by atoms with Gasteiger partial charge < -0.3 is 10.4 Å². The lowest BCUT2D eigenvalue weighted by atomic mass is 9.73. The number of likely N-dealkylation sites (tertiary alicyclic amines) is 1. The Kier molecular flexibility index (Phi) is 5.75. The molecule has 3 aliphatic rings. The average molecular weight is 430 g/mol. The van der Waals surface area contributed by atoms with Gasteiger partial charge in [-0.3, -0.25) is 9.69 Å². The highest BCUT2D eigenvalue weighted by Gasteiger charge is 2.58. The normalized spacial score (nSPS) is 27.2. The largest absolute Gasteiger partial charge is 0.375 e. The summed E-state index contributed by atoms with van der Waals surface area (Å²) in [5.41, 5.74) is 1.06. The quantitative estimate of drug-likeness (QED) is 0.736. The number of carbonyl (C=O) groups excluding carboxylic acids is 1. The highest BCUT2D eigenvalue weighted by molar-refractivity contribution is 5.87. The van der Waals surface area contributed by atoms with E-state index in [2.05, 4.69) is 16.3 Å². The van der Waals surface area contributed by atoms with Gasteiger partial charge in [0.25, 0.3) is 5.91 Å². The van der Waals surface area contributed by atoms with Crippen molar-refractivity contribution in [2.45, 2.75) is 50.3 Å². The minimum atomic E-state index is -1.45. The predicted molar refractivity (Wildman–Crippen MR) is 122 cm³/mol. The third-order valence-electron chi connectivity index (χ3n) is 7.86. The molecule has 0 aromatic heterocycles. The van der Waals surface area contributed by atoms with Crippen molar-refractivity contribution < 1.29 is 9.90 Å². The van der Waals surface area contributed by atoms with E-state index in [4.69, 9.17) is 0 Å². The first-order valence-corrected chi connectivity index (χ1v) is 11.9. The predicted octanol–water partition coefficient (Wildman–Crippen LogP) is 3.57. The molecule has 1 heterocycles. The van der Waals surface area contributed by atoms with Gasteiger partial charge in [-0.2, -0.15) is 5.26 Å². The molecule has 1 aliphatic heterocycles. The average Bonchev–Trinajstić information content (AvgIpc) is 3.28. The van der Waals surface area contributed by atoms with Gasteiger partial charge in [-0.15, -0.1) is 0 Å². The number of fused-ring (bicyclic) bond motifs is 1. The highest BCUT2D eigenvalue weighted by Crippen LogP contribution is 2.47. The van der Waals surface area contributed by atoms with Gasteiger partial charge in [0.1, 0.15) is 0 Å². The summed E-state index contributed by atoms with van der Waals surface area (Å²) in [5.74, 6) is 0.603. The molecular formula is C27H31N3O2. The Morgan fingerprint density at radius 1 is 1.03 bits per heavy atom. The third-order valence-corrected chi connectivity index (χ3v) is 7.86. The van der Waals surface area contributed by atoms with Gasteiger partial charge in [-0.05, 0) is 41.9 Å². The second-order valence-electron chi connectivity index (χ2n) is 9.76. The van der Waals surface area contributed by atoms with E-state index in [1.54, 1.807) is 0 Å². The number of piperidine rings is 1. The van der Waals surface area contributed by atoms with E-state index >= 15 is 0 Å². The molecule has 0 bridgehead atoms. The number of carbonyl (C=O) groups is 1. The summed E-state index contributed by atoms with van der Waals surface area (Å²) in [6.45, 7) is 2.61. The molecule has 2 N–H and O–H groups in total. The summed E-state index contributed by atoms with van der Waals surface area (Å²) in [4.78, 5) is 15.9. The van der Waals surface area contributed by atoms with E-state index in [-0.39, 0.29) is 17.9 Å². The van der Waals surface area contributed by atoms with Crippen molar-refractivity contribution in [3.8, 4) is 6.07 Å². The minimum Gasteiger partial charge on any atom is -0.375 e. The van der Waals surface area contributed by atoms with Gasteiger partial charge in [-0.1, -0.05) is 67.8 Å². The molecule has 2 aromatic carbocycles. The van der Waals surface area contributed by atoms with Crippen LogP contribution in [-0.4, -0.2) is 35.0 Å². The van der Waals surface area contributed by atoms with E-state index < -0.39 is 5.60 Å². The Balaban J connectivity index is 1.24. The number of hydrogen-bond donors (Lipinski definition) is 2. The molecule has 166 valence electrons. The van der Waals surface area contributed by atoms with Crippen LogP contribution in [0.1, 0.15) is 48.8 Å². The van der Waals surface area contributed by atoms with Crippen LogP contribution < -0.4 is 5.32 Å². The monoisotopic (exact) mass is 429 g/mol. The number of nitrogens with one attached hydrogen (secondary N) is 1. The van der Waals surface area contributed by atoms with Crippen LogP contribution in [0.15, 0.2) is 54.6 Å². The summed E-state index contributed by atoms with van der Waals surface area (Å²) < 4.78 is 0. The standard InChI is InChI=1S/C27H31N3O2/c28-15-19-9-7-8-10-20(19)16-30-17-23-24(18-30)25(23)29-26(31)27(32,21-11-3-1-4-12-21)22-13-5-2-6-14-22/h1,3-4,7-12,22-25,32H,2,5-6,13-14,16-18H2,(H,29,31)/t23-,24?,25?,27?/m0/s1. The molecule has 1 saturated heterocycles. The van der Waals surface area contributed by atoms with Gasteiger partial charge >= 0.3 is 0 Å². The first-order chi connectivity index (χ1) is 15.6. The third kappa shape index (κ3) is 3.83. The zero-order valence-corrected chi connectivity index (χ0v) is 18.4. The molecule has 5 nitrogen and oxygen atoms in total. The van der Waals surface area contributed by atoms with Crippen molar-refractivity contribution in [2.24, 2.45) is 17.8 Å². The van der Waals surface area contributed by atoms with E-state index in [1.807, 2.05) is 54.6 Å². The lowest BCUT2D eigenvalue weighted by molar-refractivity contribution is -0.149. The van der Waals surface area contributed by atoms with Crippen LogP contribution in [0.2, 0.25) is 0 Å². The van der Waals surface area contributed by atoms with Crippen molar-refractivity contribution in [1.82, 2.24) is 10.2 Å². The molecule has 5 heteroatoms. The Labute approximate surface area is 190 Å². The fraction of sp³-hybridized carbons (Fsp3) is 0.481. The van der Waals surface area contributed by atoms with E-state index in [0.29, 0.717) is 17.4 Å². The zero-order valence-electron chi connectivity index (χ0n) is 18.4. The Bertz CT molecular complexity index is 999. The molecule has 4 atom stereocenters. The van der Waals surface area contributed by atoms with Crippen molar-refractivity contribution >= 4 is 5.91 Å². The Morgan fingerprint density at radius 2 is 1.69 bits per heavy atom. The molecule has 3 fully saturated rings. The fourth-order valence-corrected chi connectivity index (χ4v) is 5.99. The lowest BCUT2D eigenvalue weighted by Crippen LogP contribution is -2.51. The fourth-order valence-electron chi connectivity index (χ4n) is 5.99. The zero-order chi connectivity index (χ0) is 22.1. The molecule has 32 heavy (non-hydrogen) atoms. The van der Waals surface area contributed by atoms with Gasteiger partial charge in [0.05, 0.1) is 11.6 Å². The summed E-state index contributed by atoms with van der Waals surface area (Å²) in [5, 5.41) is 24.3. The van der Waals surface area contributed by atoms with Crippen molar-refractivity contribution in [2.75, 3.05) is 13.1 Å². The van der Waals surface area contributed by atoms with Crippen molar-refractivity contribution in [3.05, 3.63) is 71.3 Å². The first kappa shape index (κ1) is 21.2. The van der Waals surface area contributed by atoms with Crippen LogP contribution in [0.4, 0.5) is 0 Å². The number of benzene rings is 2. The molecule has 0 spiro atoms. The number of rotatable bonds is 6. The number of nitrogens with zero attached hydrogens (tertiary/aromatic N) is 2. The van der Waals surface area contributed by atoms with Gasteiger partial charge in [0, 0.05) is 31.6 Å². The molecule has 2 saturated carbocycles. The van der Waals surface area contributed by atoms with Gasteiger partial charge in [0.15, 0.2) is 5.60 Å². The molecule has 1 amide bonds. The van der Waals surface area contributed by atoms with Crippen LogP contribution in [0.5, 0.6) is 0 Å². The molecular weight excluding hydrogens is 398 g/mol. The minimum absolute atomic E-state index is 0.0313. The second-order valence-corrected chi connectivity index (χ2v) is 9.76. The van der Waals surface area contributed by atoms with E-state index in [9.17, 15) is 15.2 Å². The lowest BCUT2D eigenvalue weighted by Gasteiger charge is -2.38. The number of hydrogen-bond acceptors (Lipinski definition) is 4. The molecule has 0 radical (unpaired) electrons. The van der Waals surface area contributed by atoms with Crippen LogP contribution in [0.25, 0.3) is 0 Å². The van der Waals surface area contributed by atoms with E-state index in [1.165, 1.54) is 6.42 Å². The summed E-state index contributed by atoms with van der Waals surface area (Å²) in [6, 6.07) is 19.7. The molecule has 5 rings (SSSR count). The maximum Gasteiger partial charge on any atom is 0.257 e. The molecule has 2 aliphatic carbocycles. The Hall–Kier alpha value is -2.68. The molecule has 3 unspecified atom stereocenters. The van der Waals surface area contributed by atoms with Gasteiger partial charge in [-0.25, -0.2) is 0 Å². The highest BCUT2D eigenvalue weighted by atomic mass is 16.3. The maximum absolute atomic E-state index is 13.5. The smallest absolute Gasteiger partial charge is 0.257 e. The topological polar surface area (TPSA) is 76.4 Å². The van der Waals surface area contributed by atoms with Crippen LogP contribution in [0, 0.1) is 29.1 Å².